The number of benzene rings is 1. The predicted molar refractivity (Wildman–Crippen MR) is 85.2 cm³/mol. The van der Waals surface area contributed by atoms with Crippen molar-refractivity contribution in [1.82, 2.24) is 0 Å². The van der Waals surface area contributed by atoms with Gasteiger partial charge in [0.2, 0.25) is 0 Å². The number of allylic oxidation sites excluding steroid dienone is 1. The van der Waals surface area contributed by atoms with E-state index in [1.807, 2.05) is 12.1 Å². The molecule has 1 atom stereocenters. The van der Waals surface area contributed by atoms with Gasteiger partial charge in [-0.25, -0.2) is 0 Å². The van der Waals surface area contributed by atoms with Gasteiger partial charge in [0.15, 0.2) is 0 Å². The quantitative estimate of drug-likeness (QED) is 0.426. The molecule has 0 saturated carbocycles. The molecule has 18 heavy (non-hydrogen) atoms. The van der Waals surface area contributed by atoms with E-state index in [1.165, 1.54) is 5.56 Å². The molecule has 0 aliphatic carbocycles. The molecular formula is C15H22NSeSi. The van der Waals surface area contributed by atoms with E-state index >= 15 is 0 Å². The molecule has 0 saturated heterocycles. The minimum atomic E-state index is -1.24. The molecule has 0 aliphatic heterocycles. The molecular weight excluding hydrogens is 301 g/mol. The summed E-state index contributed by atoms with van der Waals surface area (Å²) >= 11 is 3.18. The van der Waals surface area contributed by atoms with Gasteiger partial charge in [-0.15, -0.1) is 0 Å². The Hall–Kier alpha value is -0.634. The first kappa shape index (κ1) is 15.4. The average Bonchev–Trinajstić information content (AvgIpc) is 2.33. The molecule has 0 fully saturated rings. The number of nitrogens with zero attached hydrogens (tertiary/aromatic N) is 1. The fourth-order valence-electron chi connectivity index (χ4n) is 1.85. The van der Waals surface area contributed by atoms with Gasteiger partial charge in [-0.2, -0.15) is 0 Å². The van der Waals surface area contributed by atoms with Crippen LogP contribution in [0.25, 0.3) is 0 Å². The van der Waals surface area contributed by atoms with Gasteiger partial charge in [-0.05, 0) is 0 Å². The van der Waals surface area contributed by atoms with Crippen molar-refractivity contribution >= 4 is 28.7 Å². The first-order valence-corrected chi connectivity index (χ1v) is 10.7. The third kappa shape index (κ3) is 4.93. The molecule has 1 unspecified atom stereocenters. The monoisotopic (exact) mass is 324 g/mol. The van der Waals surface area contributed by atoms with Crippen LogP contribution in [0.1, 0.15) is 12.0 Å². The summed E-state index contributed by atoms with van der Waals surface area (Å²) in [6.45, 7) is 11.8. The second kappa shape index (κ2) is 7.08. The molecule has 0 N–H and O–H groups in total. The summed E-state index contributed by atoms with van der Waals surface area (Å²) < 4.78 is 1.16. The van der Waals surface area contributed by atoms with Gasteiger partial charge in [0, 0.05) is 0 Å². The predicted octanol–water partition coefficient (Wildman–Crippen LogP) is 4.04. The van der Waals surface area contributed by atoms with E-state index in [9.17, 15) is 0 Å². The number of hydrogen-bond acceptors (Lipinski definition) is 1. The molecule has 97 valence electrons. The summed E-state index contributed by atoms with van der Waals surface area (Å²) in [6, 6.07) is 10.4. The second-order valence-electron chi connectivity index (χ2n) is 5.58. The van der Waals surface area contributed by atoms with Crippen molar-refractivity contribution in [2.24, 2.45) is 4.99 Å². The molecule has 1 aromatic carbocycles. The van der Waals surface area contributed by atoms with E-state index in [0.717, 1.165) is 17.6 Å². The number of aliphatic imine (C=N–C) groups is 1. The fraction of sp³-hybridized carbons (Fsp3) is 0.400. The van der Waals surface area contributed by atoms with Crippen LogP contribution in [0, 0.1) is 0 Å². The van der Waals surface area contributed by atoms with E-state index < -0.39 is 8.07 Å². The summed E-state index contributed by atoms with van der Waals surface area (Å²) in [7, 11) is -1.24. The topological polar surface area (TPSA) is 12.4 Å². The molecule has 0 aliphatic rings. The van der Waals surface area contributed by atoms with Crippen LogP contribution in [-0.4, -0.2) is 28.7 Å². The fourth-order valence-corrected chi connectivity index (χ4v) is 6.12. The molecule has 0 spiro atoms. The zero-order chi connectivity index (χ0) is 13.6. The Morgan fingerprint density at radius 1 is 1.33 bits per heavy atom. The molecule has 1 rings (SSSR count). The van der Waals surface area contributed by atoms with Gasteiger partial charge >= 0.3 is 120 Å². The van der Waals surface area contributed by atoms with Crippen LogP contribution in [0.2, 0.25) is 25.2 Å². The van der Waals surface area contributed by atoms with Gasteiger partial charge in [-0.1, -0.05) is 0 Å². The van der Waals surface area contributed by atoms with Crippen LogP contribution in [0.5, 0.6) is 0 Å². The van der Waals surface area contributed by atoms with Crippen LogP contribution >= 0.6 is 0 Å². The Labute approximate surface area is 120 Å². The molecule has 0 amide bonds. The SMILES string of the molecule is C=CCC(C([Se])=NCc1ccccc1)[Si](C)(C)C. The number of hydrogen-bond donors (Lipinski definition) is 0. The summed E-state index contributed by atoms with van der Waals surface area (Å²) in [5.41, 5.74) is 1.82. The van der Waals surface area contributed by atoms with Crippen LogP contribution in [0.3, 0.4) is 0 Å². The van der Waals surface area contributed by atoms with Gasteiger partial charge in [-0.3, -0.25) is 0 Å². The molecule has 3 heteroatoms. The van der Waals surface area contributed by atoms with Crippen LogP contribution in [0.15, 0.2) is 48.0 Å². The molecule has 1 radical (unpaired) electrons. The van der Waals surface area contributed by atoms with Crippen LogP contribution < -0.4 is 0 Å². The molecule has 0 heterocycles. The van der Waals surface area contributed by atoms with Crippen molar-refractivity contribution in [2.45, 2.75) is 38.1 Å². The van der Waals surface area contributed by atoms with Crippen molar-refractivity contribution in [3.8, 4) is 0 Å². The Morgan fingerprint density at radius 3 is 2.44 bits per heavy atom. The normalized spacial score (nSPS) is 14.3. The molecule has 0 aromatic heterocycles. The van der Waals surface area contributed by atoms with Crippen molar-refractivity contribution in [3.05, 3.63) is 48.6 Å². The molecule has 1 nitrogen and oxygen atoms in total. The number of rotatable bonds is 6. The van der Waals surface area contributed by atoms with Crippen LogP contribution in [-0.2, 0) is 6.54 Å². The standard InChI is InChI=1S/C15H22NSeSi/c1-5-9-14(18(2,3)4)15(17)16-12-13-10-7-6-8-11-13/h5-8,10-11,14H,1,9,12H2,2-4H3. The summed E-state index contributed by atoms with van der Waals surface area (Å²) in [6.07, 6.45) is 3.04. The maximum atomic E-state index is 4.73. The third-order valence-electron chi connectivity index (χ3n) is 3.01. The summed E-state index contributed by atoms with van der Waals surface area (Å²) in [4.78, 5) is 4.73. The molecule has 0 bridgehead atoms. The Kier molecular flexibility index (Phi) is 6.07. The van der Waals surface area contributed by atoms with E-state index in [2.05, 4.69) is 66.5 Å². The first-order chi connectivity index (χ1) is 8.45. The summed E-state index contributed by atoms with van der Waals surface area (Å²) in [5, 5.41) is 0. The van der Waals surface area contributed by atoms with Gasteiger partial charge in [0.05, 0.1) is 0 Å². The Bertz CT molecular complexity index is 406. The Morgan fingerprint density at radius 2 is 1.94 bits per heavy atom. The minimum absolute atomic E-state index is 0.554. The first-order valence-electron chi connectivity index (χ1n) is 6.31. The van der Waals surface area contributed by atoms with Crippen molar-refractivity contribution in [3.63, 3.8) is 0 Å². The maximum absolute atomic E-state index is 4.73. The zero-order valence-corrected chi connectivity index (χ0v) is 14.2. The van der Waals surface area contributed by atoms with Crippen molar-refractivity contribution in [1.29, 1.82) is 0 Å². The summed E-state index contributed by atoms with van der Waals surface area (Å²) in [5.74, 6) is 0. The zero-order valence-electron chi connectivity index (χ0n) is 11.5. The average molecular weight is 323 g/mol. The van der Waals surface area contributed by atoms with E-state index in [1.54, 1.807) is 0 Å². The van der Waals surface area contributed by atoms with E-state index in [-0.39, 0.29) is 0 Å². The third-order valence-corrected chi connectivity index (χ3v) is 6.94. The van der Waals surface area contributed by atoms with Crippen molar-refractivity contribution in [2.75, 3.05) is 0 Å². The second-order valence-corrected chi connectivity index (χ2v) is 11.9. The van der Waals surface area contributed by atoms with E-state index in [4.69, 9.17) is 4.99 Å². The van der Waals surface area contributed by atoms with Crippen LogP contribution in [0.4, 0.5) is 0 Å². The Balaban J connectivity index is 2.77. The molecule has 1 aromatic rings. The van der Waals surface area contributed by atoms with Gasteiger partial charge < -0.3 is 0 Å². The van der Waals surface area contributed by atoms with Gasteiger partial charge in [0.1, 0.15) is 0 Å². The van der Waals surface area contributed by atoms with Gasteiger partial charge in [0.25, 0.3) is 0 Å². The van der Waals surface area contributed by atoms with Crippen molar-refractivity contribution < 1.29 is 0 Å². The van der Waals surface area contributed by atoms with E-state index in [0.29, 0.717) is 5.54 Å².